The molecule has 2 aliphatic rings. The van der Waals surface area contributed by atoms with Crippen molar-refractivity contribution in [2.24, 2.45) is 5.92 Å². The van der Waals surface area contributed by atoms with E-state index in [0.29, 0.717) is 24.9 Å². The van der Waals surface area contributed by atoms with Gasteiger partial charge in [0.05, 0.1) is 11.5 Å². The Hall–Kier alpha value is -2.05. The van der Waals surface area contributed by atoms with Gasteiger partial charge >= 0.3 is 6.18 Å². The summed E-state index contributed by atoms with van der Waals surface area (Å²) in [7, 11) is 0. The summed E-state index contributed by atoms with van der Waals surface area (Å²) in [5.41, 5.74) is -0.308. The number of hydrogen-bond acceptors (Lipinski definition) is 2. The molecule has 2 fully saturated rings. The number of piperidine rings is 1. The molecule has 3 rings (SSSR count). The Morgan fingerprint density at radius 2 is 1.82 bits per heavy atom. The van der Waals surface area contributed by atoms with E-state index in [1.807, 2.05) is 4.90 Å². The molecule has 4 nitrogen and oxygen atoms in total. The fourth-order valence-electron chi connectivity index (χ4n) is 4.20. The molecular weight excluding hydrogens is 369 g/mol. The lowest BCUT2D eigenvalue weighted by Crippen LogP contribution is -2.49. The molecule has 1 saturated carbocycles. The van der Waals surface area contributed by atoms with Crippen LogP contribution in [0.1, 0.15) is 62.5 Å². The zero-order valence-corrected chi connectivity index (χ0v) is 15.9. The summed E-state index contributed by atoms with van der Waals surface area (Å²) in [5, 5.41) is 2.75. The van der Waals surface area contributed by atoms with E-state index in [0.717, 1.165) is 37.8 Å². The summed E-state index contributed by atoms with van der Waals surface area (Å²) in [6, 6.07) is 5.20. The van der Waals surface area contributed by atoms with Crippen LogP contribution in [0.25, 0.3) is 0 Å². The molecule has 0 unspecified atom stereocenters. The molecule has 1 aliphatic heterocycles. The molecule has 0 radical (unpaired) electrons. The molecule has 1 atom stereocenters. The van der Waals surface area contributed by atoms with Crippen LogP contribution in [0.2, 0.25) is 0 Å². The van der Waals surface area contributed by atoms with Gasteiger partial charge in [-0.25, -0.2) is 0 Å². The second-order valence-corrected chi connectivity index (χ2v) is 7.84. The Bertz CT molecular complexity index is 697. The Labute approximate surface area is 163 Å². The first kappa shape index (κ1) is 20.7. The van der Waals surface area contributed by atoms with Crippen LogP contribution in [-0.4, -0.2) is 29.3 Å². The summed E-state index contributed by atoms with van der Waals surface area (Å²) in [6.07, 6.45) is 3.05. The molecule has 0 bridgehead atoms. The van der Waals surface area contributed by atoms with Gasteiger partial charge in [0.25, 0.3) is 0 Å². The van der Waals surface area contributed by atoms with Gasteiger partial charge in [0.2, 0.25) is 11.8 Å². The van der Waals surface area contributed by atoms with Gasteiger partial charge in [0, 0.05) is 25.6 Å². The fourth-order valence-corrected chi connectivity index (χ4v) is 4.20. The number of likely N-dealkylation sites (tertiary alicyclic amines) is 1. The Kier molecular flexibility index (Phi) is 6.62. The first-order valence-corrected chi connectivity index (χ1v) is 10.1. The Morgan fingerprint density at radius 3 is 2.50 bits per heavy atom. The van der Waals surface area contributed by atoms with Crippen molar-refractivity contribution < 1.29 is 22.8 Å². The van der Waals surface area contributed by atoms with Gasteiger partial charge in [-0.15, -0.1) is 0 Å². The quantitative estimate of drug-likeness (QED) is 0.772. The lowest BCUT2D eigenvalue weighted by molar-refractivity contribution is -0.141. The minimum absolute atomic E-state index is 0.0522. The Balaban J connectivity index is 1.57. The molecule has 1 aromatic rings. The van der Waals surface area contributed by atoms with Gasteiger partial charge in [-0.2, -0.15) is 13.2 Å². The number of rotatable bonds is 4. The third-order valence-corrected chi connectivity index (χ3v) is 5.80. The van der Waals surface area contributed by atoms with Crippen LogP contribution in [0.3, 0.4) is 0 Å². The van der Waals surface area contributed by atoms with E-state index in [-0.39, 0.29) is 30.3 Å². The minimum Gasteiger partial charge on any atom is -0.352 e. The van der Waals surface area contributed by atoms with E-state index in [1.165, 1.54) is 18.9 Å². The van der Waals surface area contributed by atoms with Gasteiger partial charge < -0.3 is 10.2 Å². The average molecular weight is 396 g/mol. The lowest BCUT2D eigenvalue weighted by atomic mass is 9.93. The molecule has 28 heavy (non-hydrogen) atoms. The van der Waals surface area contributed by atoms with Crippen molar-refractivity contribution in [1.29, 1.82) is 0 Å². The third-order valence-electron chi connectivity index (χ3n) is 5.80. The number of amides is 2. The van der Waals surface area contributed by atoms with E-state index in [4.69, 9.17) is 0 Å². The highest BCUT2D eigenvalue weighted by molar-refractivity contribution is 5.84. The van der Waals surface area contributed by atoms with Gasteiger partial charge in [0.15, 0.2) is 0 Å². The first-order valence-electron chi connectivity index (χ1n) is 10.1. The summed E-state index contributed by atoms with van der Waals surface area (Å²) in [5.74, 6) is -0.371. The molecule has 0 spiro atoms. The Morgan fingerprint density at radius 1 is 1.11 bits per heavy atom. The number of halogens is 3. The molecule has 7 heteroatoms. The predicted molar refractivity (Wildman–Crippen MR) is 99.2 cm³/mol. The predicted octanol–water partition coefficient (Wildman–Crippen LogP) is 4.28. The summed E-state index contributed by atoms with van der Waals surface area (Å²) >= 11 is 0. The lowest BCUT2D eigenvalue weighted by Gasteiger charge is -2.37. The highest BCUT2D eigenvalue weighted by Gasteiger charge is 2.34. The van der Waals surface area contributed by atoms with Crippen LogP contribution in [0.4, 0.5) is 13.2 Å². The maximum Gasteiger partial charge on any atom is 0.416 e. The molecule has 1 N–H and O–H groups in total. The molecule has 0 aromatic heterocycles. The van der Waals surface area contributed by atoms with Crippen molar-refractivity contribution >= 4 is 11.8 Å². The van der Waals surface area contributed by atoms with E-state index in [1.54, 1.807) is 6.07 Å². The van der Waals surface area contributed by atoms with Crippen molar-refractivity contribution in [3.63, 3.8) is 0 Å². The number of carbonyl (C=O) groups excluding carboxylic acids is 2. The monoisotopic (exact) mass is 396 g/mol. The largest absolute Gasteiger partial charge is 0.416 e. The first-order chi connectivity index (χ1) is 13.3. The third kappa shape index (κ3) is 5.26. The molecule has 1 aromatic carbocycles. The van der Waals surface area contributed by atoms with Crippen molar-refractivity contribution in [2.75, 3.05) is 6.54 Å². The van der Waals surface area contributed by atoms with E-state index < -0.39 is 11.7 Å². The van der Waals surface area contributed by atoms with Crippen molar-refractivity contribution in [3.8, 4) is 0 Å². The summed E-state index contributed by atoms with van der Waals surface area (Å²) in [4.78, 5) is 26.8. The normalized spacial score (nSPS) is 22.0. The van der Waals surface area contributed by atoms with Crippen molar-refractivity contribution in [2.45, 2.75) is 70.1 Å². The average Bonchev–Trinajstić information content (AvgIpc) is 2.95. The maximum atomic E-state index is 12.8. The topological polar surface area (TPSA) is 49.4 Å². The van der Waals surface area contributed by atoms with Gasteiger partial charge in [-0.1, -0.05) is 37.8 Å². The number of carbonyl (C=O) groups is 2. The molecule has 2 amide bonds. The minimum atomic E-state index is -4.40. The van der Waals surface area contributed by atoms with Crippen LogP contribution in [0, 0.1) is 5.92 Å². The number of benzene rings is 1. The van der Waals surface area contributed by atoms with Gasteiger partial charge in [0.1, 0.15) is 0 Å². The highest BCUT2D eigenvalue weighted by atomic mass is 19.4. The molecule has 1 saturated heterocycles. The van der Waals surface area contributed by atoms with Crippen molar-refractivity contribution in [1.82, 2.24) is 10.2 Å². The second-order valence-electron chi connectivity index (χ2n) is 7.84. The van der Waals surface area contributed by atoms with E-state index in [9.17, 15) is 22.8 Å². The highest BCUT2D eigenvalue weighted by Crippen LogP contribution is 2.30. The second kappa shape index (κ2) is 8.97. The van der Waals surface area contributed by atoms with Crippen LogP contribution in [0.15, 0.2) is 24.3 Å². The zero-order valence-electron chi connectivity index (χ0n) is 15.9. The van der Waals surface area contributed by atoms with Crippen molar-refractivity contribution in [3.05, 3.63) is 35.4 Å². The number of alkyl halides is 3. The number of hydrogen-bond donors (Lipinski definition) is 1. The maximum absolute atomic E-state index is 12.8. The molecule has 154 valence electrons. The zero-order chi connectivity index (χ0) is 20.1. The van der Waals surface area contributed by atoms with Crippen LogP contribution in [0.5, 0.6) is 0 Å². The number of nitrogens with one attached hydrogen (secondary N) is 1. The standard InChI is InChI=1S/C21H27F3N2O2/c22-21(23,24)17-7-5-6-15(12-17)13-25-20(28)16-10-11-19(27)26(14-16)18-8-3-1-2-4-9-18/h5-7,12,16,18H,1-4,8-11,13-14H2,(H,25,28)/t16-/m1/s1. The smallest absolute Gasteiger partial charge is 0.352 e. The van der Waals surface area contributed by atoms with Crippen LogP contribution >= 0.6 is 0 Å². The van der Waals surface area contributed by atoms with Crippen LogP contribution < -0.4 is 5.32 Å². The molecular formula is C21H27F3N2O2. The van der Waals surface area contributed by atoms with Crippen LogP contribution in [-0.2, 0) is 22.3 Å². The van der Waals surface area contributed by atoms with Gasteiger partial charge in [-0.05, 0) is 37.0 Å². The van der Waals surface area contributed by atoms with Gasteiger partial charge in [-0.3, -0.25) is 9.59 Å². The SMILES string of the molecule is O=C(NCc1cccc(C(F)(F)F)c1)[C@@H]1CCC(=O)N(C2CCCCCC2)C1. The fraction of sp³-hybridized carbons (Fsp3) is 0.619. The number of nitrogens with zero attached hydrogens (tertiary/aromatic N) is 1. The van der Waals surface area contributed by atoms with E-state index >= 15 is 0 Å². The molecule has 1 aliphatic carbocycles. The van der Waals surface area contributed by atoms with E-state index in [2.05, 4.69) is 5.32 Å². The molecule has 1 heterocycles. The summed E-state index contributed by atoms with van der Waals surface area (Å²) in [6.45, 7) is 0.467. The summed E-state index contributed by atoms with van der Waals surface area (Å²) < 4.78 is 38.5.